The Kier molecular flexibility index (Phi) is 8.61. The number of hydrogen-bond donors (Lipinski definition) is 3. The number of carbonyl (C=O) groups is 2. The van der Waals surface area contributed by atoms with Crippen molar-refractivity contribution in [3.63, 3.8) is 0 Å². The van der Waals surface area contributed by atoms with Crippen molar-refractivity contribution in [2.75, 3.05) is 6.61 Å². The first-order valence-corrected chi connectivity index (χ1v) is 10.1. The first-order valence-electron chi connectivity index (χ1n) is 9.65. The van der Waals surface area contributed by atoms with Gasteiger partial charge in [0.25, 0.3) is 11.8 Å². The Morgan fingerprint density at radius 2 is 1.87 bits per heavy atom. The molecule has 2 amide bonds. The van der Waals surface area contributed by atoms with Crippen molar-refractivity contribution in [3.05, 3.63) is 59.2 Å². The second-order valence-electron chi connectivity index (χ2n) is 6.88. The summed E-state index contributed by atoms with van der Waals surface area (Å²) < 4.78 is 11.2. The van der Waals surface area contributed by atoms with Gasteiger partial charge in [-0.15, -0.1) is 0 Å². The van der Waals surface area contributed by atoms with Crippen LogP contribution in [0.3, 0.4) is 0 Å². The molecule has 160 valence electrons. The van der Waals surface area contributed by atoms with E-state index in [2.05, 4.69) is 16.2 Å². The number of ether oxygens (including phenoxy) is 2. The predicted molar refractivity (Wildman–Crippen MR) is 120 cm³/mol. The van der Waals surface area contributed by atoms with Gasteiger partial charge >= 0.3 is 0 Å². The summed E-state index contributed by atoms with van der Waals surface area (Å²) >= 11 is 5.05. The summed E-state index contributed by atoms with van der Waals surface area (Å²) in [6, 6.07) is 12.5. The molecule has 0 fully saturated rings. The highest BCUT2D eigenvalue weighted by Crippen LogP contribution is 2.18. The molecule has 2 rings (SSSR count). The molecule has 0 bridgehead atoms. The van der Waals surface area contributed by atoms with E-state index in [1.807, 2.05) is 45.9 Å². The standard InChI is InChI=1S/C22H27N3O4S/c1-5-16(4)29-18-8-6-7-17(12-18)21(27)23-22(30)25-24-20(26)13-28-19-10-9-14(2)11-15(19)3/h6-12,16H,5,13H2,1-4H3,(H,24,26)(H2,23,25,27,30). The molecule has 0 aliphatic rings. The van der Waals surface area contributed by atoms with Crippen molar-refractivity contribution in [2.24, 2.45) is 0 Å². The Bertz CT molecular complexity index is 917. The molecule has 2 aromatic rings. The maximum Gasteiger partial charge on any atom is 0.276 e. The van der Waals surface area contributed by atoms with Crippen LogP contribution >= 0.6 is 12.2 Å². The third-order valence-corrected chi connectivity index (χ3v) is 4.44. The van der Waals surface area contributed by atoms with Gasteiger partial charge in [-0.2, -0.15) is 0 Å². The predicted octanol–water partition coefficient (Wildman–Crippen LogP) is 3.20. The first kappa shape index (κ1) is 23.2. The highest BCUT2D eigenvalue weighted by atomic mass is 32.1. The van der Waals surface area contributed by atoms with E-state index in [0.29, 0.717) is 17.1 Å². The summed E-state index contributed by atoms with van der Waals surface area (Å²) in [5.74, 6) is 0.386. The quantitative estimate of drug-likeness (QED) is 0.463. The van der Waals surface area contributed by atoms with Crippen LogP contribution in [0.15, 0.2) is 42.5 Å². The lowest BCUT2D eigenvalue weighted by molar-refractivity contribution is -0.123. The van der Waals surface area contributed by atoms with Gasteiger partial charge in [-0.05, 0) is 69.2 Å². The Labute approximate surface area is 182 Å². The third-order valence-electron chi connectivity index (χ3n) is 4.24. The fraction of sp³-hybridized carbons (Fsp3) is 0.318. The SMILES string of the molecule is CCC(C)Oc1cccc(C(=O)NC(=S)NNC(=O)COc2ccc(C)cc2C)c1. The second kappa shape index (κ2) is 11.2. The highest BCUT2D eigenvalue weighted by Gasteiger charge is 2.11. The van der Waals surface area contributed by atoms with E-state index in [1.165, 1.54) is 0 Å². The van der Waals surface area contributed by atoms with Crippen molar-refractivity contribution in [1.82, 2.24) is 16.2 Å². The number of carbonyl (C=O) groups excluding carboxylic acids is 2. The zero-order chi connectivity index (χ0) is 22.1. The number of aryl methyl sites for hydroxylation is 2. The molecule has 0 spiro atoms. The maximum absolute atomic E-state index is 12.4. The molecular weight excluding hydrogens is 402 g/mol. The van der Waals surface area contributed by atoms with Crippen LogP contribution in [0.2, 0.25) is 0 Å². The normalized spacial score (nSPS) is 11.2. The molecule has 0 saturated heterocycles. The van der Waals surface area contributed by atoms with Crippen LogP contribution in [-0.4, -0.2) is 29.6 Å². The molecule has 8 heteroatoms. The van der Waals surface area contributed by atoms with Crippen LogP contribution in [0.5, 0.6) is 11.5 Å². The zero-order valence-corrected chi connectivity index (χ0v) is 18.4. The minimum atomic E-state index is -0.435. The van der Waals surface area contributed by atoms with E-state index in [1.54, 1.807) is 24.3 Å². The number of thiocarbonyl (C=S) groups is 1. The highest BCUT2D eigenvalue weighted by molar-refractivity contribution is 7.80. The lowest BCUT2D eigenvalue weighted by Crippen LogP contribution is -2.49. The maximum atomic E-state index is 12.4. The van der Waals surface area contributed by atoms with Gasteiger partial charge in [-0.1, -0.05) is 30.7 Å². The summed E-state index contributed by atoms with van der Waals surface area (Å²) in [5, 5.41) is 2.47. The van der Waals surface area contributed by atoms with E-state index in [0.717, 1.165) is 17.5 Å². The van der Waals surface area contributed by atoms with Gasteiger partial charge in [0.15, 0.2) is 11.7 Å². The monoisotopic (exact) mass is 429 g/mol. The molecule has 30 heavy (non-hydrogen) atoms. The molecule has 0 saturated carbocycles. The topological polar surface area (TPSA) is 88.7 Å². The van der Waals surface area contributed by atoms with Crippen molar-refractivity contribution >= 4 is 29.1 Å². The van der Waals surface area contributed by atoms with Gasteiger partial charge in [-0.25, -0.2) is 0 Å². The molecule has 0 radical (unpaired) electrons. The summed E-state index contributed by atoms with van der Waals surface area (Å²) in [7, 11) is 0. The molecule has 0 heterocycles. The van der Waals surface area contributed by atoms with Crippen molar-refractivity contribution in [1.29, 1.82) is 0 Å². The fourth-order valence-electron chi connectivity index (χ4n) is 2.50. The smallest absolute Gasteiger partial charge is 0.276 e. The molecule has 1 atom stereocenters. The van der Waals surface area contributed by atoms with E-state index in [4.69, 9.17) is 21.7 Å². The van der Waals surface area contributed by atoms with Gasteiger partial charge < -0.3 is 9.47 Å². The van der Waals surface area contributed by atoms with E-state index in [-0.39, 0.29) is 17.8 Å². The van der Waals surface area contributed by atoms with Gasteiger partial charge in [-0.3, -0.25) is 25.8 Å². The van der Waals surface area contributed by atoms with Crippen LogP contribution in [0, 0.1) is 13.8 Å². The molecule has 3 N–H and O–H groups in total. The van der Waals surface area contributed by atoms with E-state index >= 15 is 0 Å². The van der Waals surface area contributed by atoms with Crippen LogP contribution < -0.4 is 25.6 Å². The van der Waals surface area contributed by atoms with Crippen LogP contribution in [-0.2, 0) is 4.79 Å². The largest absolute Gasteiger partial charge is 0.491 e. The Morgan fingerprint density at radius 1 is 1.10 bits per heavy atom. The Balaban J connectivity index is 1.79. The first-order chi connectivity index (χ1) is 14.3. The summed E-state index contributed by atoms with van der Waals surface area (Å²) in [4.78, 5) is 24.3. The number of nitrogens with one attached hydrogen (secondary N) is 3. The molecule has 0 aliphatic carbocycles. The zero-order valence-electron chi connectivity index (χ0n) is 17.6. The number of hydrazine groups is 1. The number of benzene rings is 2. The molecule has 2 aromatic carbocycles. The fourth-order valence-corrected chi connectivity index (χ4v) is 2.64. The molecule has 0 aromatic heterocycles. The summed E-state index contributed by atoms with van der Waals surface area (Å²) in [5.41, 5.74) is 7.33. The lowest BCUT2D eigenvalue weighted by atomic mass is 10.1. The minimum absolute atomic E-state index is 0.0342. The average Bonchev–Trinajstić information content (AvgIpc) is 2.71. The minimum Gasteiger partial charge on any atom is -0.491 e. The summed E-state index contributed by atoms with van der Waals surface area (Å²) in [6.45, 7) is 7.68. The Hall–Kier alpha value is -3.13. The van der Waals surface area contributed by atoms with Crippen molar-refractivity contribution in [2.45, 2.75) is 40.2 Å². The van der Waals surface area contributed by atoms with Gasteiger partial charge in [0.05, 0.1) is 6.10 Å². The lowest BCUT2D eigenvalue weighted by Gasteiger charge is -2.14. The van der Waals surface area contributed by atoms with Crippen LogP contribution in [0.25, 0.3) is 0 Å². The van der Waals surface area contributed by atoms with E-state index < -0.39 is 11.8 Å². The number of rotatable bonds is 7. The van der Waals surface area contributed by atoms with Crippen LogP contribution in [0.4, 0.5) is 0 Å². The van der Waals surface area contributed by atoms with Gasteiger partial charge in [0.1, 0.15) is 11.5 Å². The molecule has 1 unspecified atom stereocenters. The third kappa shape index (κ3) is 7.36. The van der Waals surface area contributed by atoms with Crippen molar-refractivity contribution in [3.8, 4) is 11.5 Å². The molecule has 0 aliphatic heterocycles. The van der Waals surface area contributed by atoms with Crippen LogP contribution in [0.1, 0.15) is 41.8 Å². The van der Waals surface area contributed by atoms with Crippen molar-refractivity contribution < 1.29 is 19.1 Å². The average molecular weight is 430 g/mol. The molecular formula is C22H27N3O4S. The van der Waals surface area contributed by atoms with E-state index in [9.17, 15) is 9.59 Å². The molecule has 7 nitrogen and oxygen atoms in total. The second-order valence-corrected chi connectivity index (χ2v) is 7.29. The number of amides is 2. The summed E-state index contributed by atoms with van der Waals surface area (Å²) in [6.07, 6.45) is 0.907. The number of hydrogen-bond acceptors (Lipinski definition) is 5. The van der Waals surface area contributed by atoms with Gasteiger partial charge in [0.2, 0.25) is 0 Å². The van der Waals surface area contributed by atoms with Gasteiger partial charge in [0, 0.05) is 5.56 Å². The Morgan fingerprint density at radius 3 is 2.57 bits per heavy atom.